The number of hydrogen-bond acceptors (Lipinski definition) is 1. The van der Waals surface area contributed by atoms with Gasteiger partial charge < -0.3 is 4.74 Å². The molecule has 0 unspecified atom stereocenters. The predicted octanol–water partition coefficient (Wildman–Crippen LogP) is -0.313. The van der Waals surface area contributed by atoms with E-state index in [2.05, 4.69) is 0 Å². The molecule has 0 aromatic rings. The minimum absolute atomic E-state index is 0.840. The van der Waals surface area contributed by atoms with Gasteiger partial charge in [0, 0.05) is 0 Å². The molecule has 2 heteroatoms. The standard InChI is InChI=1S/C4H8NO/c1-5(2)4-3-6-4/h3H2,1-2H3/q+1. The van der Waals surface area contributed by atoms with Gasteiger partial charge in [-0.05, 0) is 0 Å². The van der Waals surface area contributed by atoms with E-state index in [-0.39, 0.29) is 0 Å². The quantitative estimate of drug-likeness (QED) is 0.291. The van der Waals surface area contributed by atoms with Crippen molar-refractivity contribution in [2.75, 3.05) is 20.7 Å². The summed E-state index contributed by atoms with van der Waals surface area (Å²) in [5.74, 6) is 1.09. The fourth-order valence-electron chi connectivity index (χ4n) is 0.290. The van der Waals surface area contributed by atoms with Crippen LogP contribution in [0.2, 0.25) is 0 Å². The van der Waals surface area contributed by atoms with Crippen LogP contribution < -0.4 is 0 Å². The minimum atomic E-state index is 0.840. The molecule has 1 saturated heterocycles. The van der Waals surface area contributed by atoms with E-state index in [4.69, 9.17) is 4.74 Å². The highest BCUT2D eigenvalue weighted by Crippen LogP contribution is 1.95. The van der Waals surface area contributed by atoms with Crippen LogP contribution in [-0.4, -0.2) is 31.2 Å². The third-order valence-corrected chi connectivity index (χ3v) is 0.772. The lowest BCUT2D eigenvalue weighted by Gasteiger charge is -1.70. The second-order valence-electron chi connectivity index (χ2n) is 1.58. The molecule has 0 bridgehead atoms. The first-order valence-electron chi connectivity index (χ1n) is 1.96. The average Bonchev–Trinajstić information content (AvgIpc) is 2.06. The molecule has 0 aromatic carbocycles. The number of rotatable bonds is 0. The van der Waals surface area contributed by atoms with E-state index >= 15 is 0 Å². The Hall–Kier alpha value is -0.530. The lowest BCUT2D eigenvalue weighted by molar-refractivity contribution is -0.465. The van der Waals surface area contributed by atoms with Gasteiger partial charge in [-0.3, -0.25) is 0 Å². The number of epoxide rings is 1. The van der Waals surface area contributed by atoms with Crippen LogP contribution in [0.15, 0.2) is 0 Å². The molecule has 0 atom stereocenters. The van der Waals surface area contributed by atoms with E-state index in [0.717, 1.165) is 12.5 Å². The van der Waals surface area contributed by atoms with Crippen molar-refractivity contribution >= 4 is 5.90 Å². The molecule has 1 fully saturated rings. The normalized spacial score (nSPS) is 16.7. The van der Waals surface area contributed by atoms with E-state index in [1.807, 2.05) is 18.7 Å². The van der Waals surface area contributed by atoms with E-state index in [0.29, 0.717) is 0 Å². The van der Waals surface area contributed by atoms with Crippen LogP contribution >= 0.6 is 0 Å². The van der Waals surface area contributed by atoms with Crippen molar-refractivity contribution in [1.29, 1.82) is 0 Å². The molecule has 34 valence electrons. The number of nitrogens with zero attached hydrogens (tertiary/aromatic N) is 1. The third kappa shape index (κ3) is 0.506. The molecule has 2 nitrogen and oxygen atoms in total. The molecule has 0 spiro atoms. The molecular formula is C4H8NO+. The van der Waals surface area contributed by atoms with Gasteiger partial charge in [0.05, 0.1) is 0 Å². The van der Waals surface area contributed by atoms with Gasteiger partial charge in [0.1, 0.15) is 14.1 Å². The van der Waals surface area contributed by atoms with Gasteiger partial charge >= 0.3 is 5.90 Å². The van der Waals surface area contributed by atoms with Crippen molar-refractivity contribution in [2.24, 2.45) is 0 Å². The molecule has 0 radical (unpaired) electrons. The molecule has 1 rings (SSSR count). The molecule has 1 aliphatic heterocycles. The van der Waals surface area contributed by atoms with Crippen LogP contribution in [0.5, 0.6) is 0 Å². The monoisotopic (exact) mass is 86.1 g/mol. The lowest BCUT2D eigenvalue weighted by atomic mass is 10.8. The summed E-state index contributed by atoms with van der Waals surface area (Å²) in [7, 11) is 3.95. The highest BCUT2D eigenvalue weighted by molar-refractivity contribution is 5.83. The van der Waals surface area contributed by atoms with Gasteiger partial charge in [-0.15, -0.1) is 0 Å². The number of hydrogen-bond donors (Lipinski definition) is 0. The van der Waals surface area contributed by atoms with Crippen molar-refractivity contribution < 1.29 is 9.31 Å². The third-order valence-electron chi connectivity index (χ3n) is 0.772. The highest BCUT2D eigenvalue weighted by Gasteiger charge is 2.24. The largest absolute Gasteiger partial charge is 0.430 e. The summed E-state index contributed by atoms with van der Waals surface area (Å²) in [6.45, 7) is 0.840. The van der Waals surface area contributed by atoms with E-state index in [1.165, 1.54) is 0 Å². The predicted molar refractivity (Wildman–Crippen MR) is 23.1 cm³/mol. The van der Waals surface area contributed by atoms with Gasteiger partial charge in [0.15, 0.2) is 0 Å². The van der Waals surface area contributed by atoms with Crippen LogP contribution in [0.25, 0.3) is 0 Å². The molecule has 0 saturated carbocycles. The Balaban J connectivity index is 2.61. The maximum absolute atomic E-state index is 4.81. The van der Waals surface area contributed by atoms with E-state index in [9.17, 15) is 0 Å². The Bertz CT molecular complexity index is 85.7. The van der Waals surface area contributed by atoms with Crippen molar-refractivity contribution in [2.45, 2.75) is 0 Å². The zero-order valence-electron chi connectivity index (χ0n) is 4.06. The van der Waals surface area contributed by atoms with E-state index < -0.39 is 0 Å². The maximum Gasteiger partial charge on any atom is 0.375 e. The summed E-state index contributed by atoms with van der Waals surface area (Å²) in [4.78, 5) is 0. The summed E-state index contributed by atoms with van der Waals surface area (Å²) in [6.07, 6.45) is 0. The van der Waals surface area contributed by atoms with Crippen LogP contribution in [0.3, 0.4) is 0 Å². The molecule has 1 heterocycles. The second-order valence-corrected chi connectivity index (χ2v) is 1.58. The molecule has 6 heavy (non-hydrogen) atoms. The first-order valence-corrected chi connectivity index (χ1v) is 1.96. The lowest BCUT2D eigenvalue weighted by Crippen LogP contribution is -1.97. The summed E-state index contributed by atoms with van der Waals surface area (Å²) in [5.41, 5.74) is 0. The molecule has 1 aliphatic rings. The van der Waals surface area contributed by atoms with Gasteiger partial charge in [-0.2, -0.15) is 0 Å². The maximum atomic E-state index is 4.81. The topological polar surface area (TPSA) is 15.5 Å². The van der Waals surface area contributed by atoms with Gasteiger partial charge in [-0.1, -0.05) is 0 Å². The van der Waals surface area contributed by atoms with Crippen LogP contribution in [0.1, 0.15) is 0 Å². The zero-order chi connectivity index (χ0) is 4.57. The van der Waals surface area contributed by atoms with Gasteiger partial charge in [0.25, 0.3) is 0 Å². The molecular weight excluding hydrogens is 78.0 g/mol. The van der Waals surface area contributed by atoms with Crippen LogP contribution in [0.4, 0.5) is 0 Å². The summed E-state index contributed by atoms with van der Waals surface area (Å²) >= 11 is 0. The molecule has 0 aromatic heterocycles. The second kappa shape index (κ2) is 0.965. The Kier molecular flexibility index (Phi) is 0.587. The summed E-state index contributed by atoms with van der Waals surface area (Å²) in [6, 6.07) is 0. The fourth-order valence-corrected chi connectivity index (χ4v) is 0.290. The Morgan fingerprint density at radius 2 is 2.17 bits per heavy atom. The van der Waals surface area contributed by atoms with Gasteiger partial charge in [-0.25, -0.2) is 4.58 Å². The molecule has 0 aliphatic carbocycles. The summed E-state index contributed by atoms with van der Waals surface area (Å²) in [5, 5.41) is 0. The highest BCUT2D eigenvalue weighted by atomic mass is 16.6. The Morgan fingerprint density at radius 1 is 1.67 bits per heavy atom. The first kappa shape index (κ1) is 3.65. The average molecular weight is 86.1 g/mol. The molecule has 0 N–H and O–H groups in total. The SMILES string of the molecule is C[N+](C)=C1CO1. The minimum Gasteiger partial charge on any atom is -0.430 e. The van der Waals surface area contributed by atoms with Crippen LogP contribution in [0, 0.1) is 0 Å². The van der Waals surface area contributed by atoms with Crippen molar-refractivity contribution in [3.8, 4) is 0 Å². The van der Waals surface area contributed by atoms with Crippen molar-refractivity contribution in [3.05, 3.63) is 0 Å². The number of ether oxygens (including phenoxy) is 1. The van der Waals surface area contributed by atoms with E-state index in [1.54, 1.807) is 0 Å². The molecule has 0 amide bonds. The summed E-state index contributed by atoms with van der Waals surface area (Å²) < 4.78 is 6.78. The fraction of sp³-hybridized carbons (Fsp3) is 0.750. The zero-order valence-corrected chi connectivity index (χ0v) is 4.06. The smallest absolute Gasteiger partial charge is 0.375 e. The Labute approximate surface area is 37.0 Å². The van der Waals surface area contributed by atoms with Crippen molar-refractivity contribution in [1.82, 2.24) is 0 Å². The Morgan fingerprint density at radius 3 is 2.17 bits per heavy atom. The van der Waals surface area contributed by atoms with Crippen molar-refractivity contribution in [3.63, 3.8) is 0 Å². The van der Waals surface area contributed by atoms with Crippen LogP contribution in [-0.2, 0) is 4.74 Å². The first-order chi connectivity index (χ1) is 2.80. The van der Waals surface area contributed by atoms with Gasteiger partial charge in [0.2, 0.25) is 6.61 Å².